The second-order valence-corrected chi connectivity index (χ2v) is 13.6. The van der Waals surface area contributed by atoms with E-state index in [4.69, 9.17) is 21.1 Å². The Balaban J connectivity index is 1.78. The van der Waals surface area contributed by atoms with E-state index in [-0.39, 0.29) is 23.4 Å². The third-order valence-corrected chi connectivity index (χ3v) is 10.3. The number of sulfonamides is 1. The summed E-state index contributed by atoms with van der Waals surface area (Å²) < 4.78 is 62.7. The molecule has 12 nitrogen and oxygen atoms in total. The number of methoxy groups -OCH3 is 2. The standard InChI is InChI=1S/C22H29ClN6O6S2/c1-13(20-24-10-16(23)11-25-20)14(2)37(32,33)28-22-27-26-21(15-8-9-36(30,31)12-15)29(22)19-17(34-3)6-5-7-18(19)35-4/h5-7,10-11,13-15,30-31H,8-9,12H2,1-4H3,(H,27,28)/t13-,14-,15+/m0/s1. The molecule has 3 atom stereocenters. The molecule has 15 heteroatoms. The van der Waals surface area contributed by atoms with Gasteiger partial charge in [-0.15, -0.1) is 10.2 Å². The van der Waals surface area contributed by atoms with E-state index in [1.165, 1.54) is 31.2 Å². The highest BCUT2D eigenvalue weighted by Crippen LogP contribution is 2.52. The topological polar surface area (TPSA) is 162 Å². The van der Waals surface area contributed by atoms with Crippen LogP contribution in [0.5, 0.6) is 11.5 Å². The second-order valence-electron chi connectivity index (χ2n) is 8.79. The Labute approximate surface area is 221 Å². The minimum Gasteiger partial charge on any atom is -0.494 e. The fourth-order valence-corrected chi connectivity index (χ4v) is 7.30. The minimum absolute atomic E-state index is 0.0859. The molecule has 0 aliphatic carbocycles. The van der Waals surface area contributed by atoms with Crippen LogP contribution >= 0.6 is 22.2 Å². The molecule has 0 amide bonds. The molecule has 3 heterocycles. The Bertz CT molecular complexity index is 1350. The summed E-state index contributed by atoms with van der Waals surface area (Å²) in [5, 5.41) is 7.82. The van der Waals surface area contributed by atoms with Crippen LogP contribution in [0, 0.1) is 0 Å². The molecule has 3 N–H and O–H groups in total. The zero-order valence-corrected chi connectivity index (χ0v) is 23.1. The lowest BCUT2D eigenvalue weighted by atomic mass is 10.1. The first kappa shape index (κ1) is 27.4. The molecule has 1 aliphatic heterocycles. The number of anilines is 1. The molecule has 0 unspecified atom stereocenters. The van der Waals surface area contributed by atoms with Crippen LogP contribution in [0.2, 0.25) is 5.02 Å². The number of benzene rings is 1. The summed E-state index contributed by atoms with van der Waals surface area (Å²) >= 11 is 5.87. The van der Waals surface area contributed by atoms with E-state index >= 15 is 0 Å². The van der Waals surface area contributed by atoms with Gasteiger partial charge in [0.1, 0.15) is 28.8 Å². The third-order valence-electron chi connectivity index (χ3n) is 6.41. The van der Waals surface area contributed by atoms with Crippen molar-refractivity contribution >= 4 is 38.2 Å². The molecular weight excluding hydrogens is 544 g/mol. The van der Waals surface area contributed by atoms with Gasteiger partial charge in [-0.3, -0.25) is 18.4 Å². The lowest BCUT2D eigenvalue weighted by Crippen LogP contribution is -2.31. The fraction of sp³-hybridized carbons (Fsp3) is 0.455. The summed E-state index contributed by atoms with van der Waals surface area (Å²) in [7, 11) is -3.84. The van der Waals surface area contributed by atoms with Gasteiger partial charge in [-0.2, -0.15) is 10.6 Å². The molecule has 202 valence electrons. The minimum atomic E-state index is -4.04. The van der Waals surface area contributed by atoms with Crippen molar-refractivity contribution in [2.24, 2.45) is 0 Å². The van der Waals surface area contributed by atoms with Crippen LogP contribution in [0.3, 0.4) is 0 Å². The lowest BCUT2D eigenvalue weighted by Gasteiger charge is -2.26. The summed E-state index contributed by atoms with van der Waals surface area (Å²) in [6.07, 6.45) is 3.28. The highest BCUT2D eigenvalue weighted by atomic mass is 35.5. The van der Waals surface area contributed by atoms with Crippen LogP contribution < -0.4 is 14.2 Å². The molecule has 1 saturated heterocycles. The molecule has 37 heavy (non-hydrogen) atoms. The smallest absolute Gasteiger partial charge is 0.243 e. The predicted octanol–water partition coefficient (Wildman–Crippen LogP) is 3.90. The Kier molecular flexibility index (Phi) is 7.85. The summed E-state index contributed by atoms with van der Waals surface area (Å²) in [4.78, 5) is 8.31. The highest BCUT2D eigenvalue weighted by molar-refractivity contribution is 8.24. The van der Waals surface area contributed by atoms with Crippen LogP contribution in [0.1, 0.15) is 43.8 Å². The molecule has 0 spiro atoms. The van der Waals surface area contributed by atoms with Crippen molar-refractivity contribution in [2.45, 2.75) is 37.4 Å². The number of hydrogen-bond donors (Lipinski definition) is 3. The molecule has 3 aromatic rings. The first-order valence-corrected chi connectivity index (χ1v) is 15.2. The first-order valence-electron chi connectivity index (χ1n) is 11.4. The first-order chi connectivity index (χ1) is 17.5. The average molecular weight is 573 g/mol. The SMILES string of the molecule is COc1cccc(OC)c1-n1c(NS(=O)(=O)[C@@H](C)[C@H](C)c2ncc(Cl)cn2)nnc1[C@@H]1CCS(O)(O)C1. The zero-order valence-electron chi connectivity index (χ0n) is 20.7. The van der Waals surface area contributed by atoms with Crippen molar-refractivity contribution in [1.82, 2.24) is 24.7 Å². The van der Waals surface area contributed by atoms with Gasteiger partial charge in [0.2, 0.25) is 16.0 Å². The number of nitrogens with zero attached hydrogens (tertiary/aromatic N) is 5. The maximum Gasteiger partial charge on any atom is 0.243 e. The van der Waals surface area contributed by atoms with Crippen LogP contribution in [-0.4, -0.2) is 73.2 Å². The van der Waals surface area contributed by atoms with Crippen molar-refractivity contribution in [3.8, 4) is 17.2 Å². The normalized spacial score (nSPS) is 19.7. The van der Waals surface area contributed by atoms with Gasteiger partial charge in [-0.1, -0.05) is 24.6 Å². The van der Waals surface area contributed by atoms with Crippen molar-refractivity contribution in [3.05, 3.63) is 47.3 Å². The van der Waals surface area contributed by atoms with Gasteiger partial charge in [0.25, 0.3) is 0 Å². The predicted molar refractivity (Wildman–Crippen MR) is 142 cm³/mol. The van der Waals surface area contributed by atoms with Crippen molar-refractivity contribution < 1.29 is 27.0 Å². The largest absolute Gasteiger partial charge is 0.494 e. The number of aromatic nitrogens is 5. The Morgan fingerprint density at radius 1 is 1.14 bits per heavy atom. The van der Waals surface area contributed by atoms with Gasteiger partial charge in [0.05, 0.1) is 24.5 Å². The van der Waals surface area contributed by atoms with E-state index in [0.29, 0.717) is 40.3 Å². The monoisotopic (exact) mass is 572 g/mol. The summed E-state index contributed by atoms with van der Waals surface area (Å²) in [6.45, 7) is 3.25. The molecular formula is C22H29ClN6O6S2. The fourth-order valence-electron chi connectivity index (χ4n) is 4.18. The molecule has 1 fully saturated rings. The molecule has 0 radical (unpaired) electrons. The van der Waals surface area contributed by atoms with Crippen LogP contribution in [0.4, 0.5) is 5.95 Å². The number of halogens is 1. The van der Waals surface area contributed by atoms with E-state index in [9.17, 15) is 17.5 Å². The van der Waals surface area contributed by atoms with Gasteiger partial charge in [0, 0.05) is 35.7 Å². The molecule has 2 aromatic heterocycles. The number of para-hydroxylation sites is 1. The third kappa shape index (κ3) is 5.62. The van der Waals surface area contributed by atoms with Crippen molar-refractivity contribution in [1.29, 1.82) is 0 Å². The van der Waals surface area contributed by atoms with Gasteiger partial charge in [0.15, 0.2) is 0 Å². The van der Waals surface area contributed by atoms with E-state index in [1.807, 2.05) is 0 Å². The van der Waals surface area contributed by atoms with E-state index in [1.54, 1.807) is 32.0 Å². The Morgan fingerprint density at radius 3 is 2.30 bits per heavy atom. The number of nitrogens with one attached hydrogen (secondary N) is 1. The van der Waals surface area contributed by atoms with Gasteiger partial charge in [-0.25, -0.2) is 18.4 Å². The van der Waals surface area contributed by atoms with E-state index in [2.05, 4.69) is 24.9 Å². The number of ether oxygens (including phenoxy) is 2. The molecule has 4 rings (SSSR count). The van der Waals surface area contributed by atoms with Crippen molar-refractivity contribution in [2.75, 3.05) is 30.4 Å². The quantitative estimate of drug-likeness (QED) is 0.343. The summed E-state index contributed by atoms with van der Waals surface area (Å²) in [5.74, 6) is 0.756. The molecule has 1 aliphatic rings. The highest BCUT2D eigenvalue weighted by Gasteiger charge is 2.37. The second kappa shape index (κ2) is 10.6. The number of hydrogen-bond acceptors (Lipinski definition) is 10. The number of rotatable bonds is 9. The van der Waals surface area contributed by atoms with Crippen LogP contribution in [0.25, 0.3) is 5.69 Å². The van der Waals surface area contributed by atoms with Gasteiger partial charge in [-0.05, 0) is 25.5 Å². The molecule has 0 saturated carbocycles. The zero-order chi connectivity index (χ0) is 27.0. The van der Waals surface area contributed by atoms with Crippen molar-refractivity contribution in [3.63, 3.8) is 0 Å². The maximum atomic E-state index is 13.5. The maximum absolute atomic E-state index is 13.5. The van der Waals surface area contributed by atoms with E-state index < -0.39 is 31.8 Å². The van der Waals surface area contributed by atoms with Crippen LogP contribution in [-0.2, 0) is 10.0 Å². The Hall–Kier alpha value is -2.65. The average Bonchev–Trinajstić information content (AvgIpc) is 3.44. The van der Waals surface area contributed by atoms with Gasteiger partial charge >= 0.3 is 0 Å². The van der Waals surface area contributed by atoms with E-state index in [0.717, 1.165) is 0 Å². The Morgan fingerprint density at radius 2 is 1.76 bits per heavy atom. The van der Waals surface area contributed by atoms with Crippen LogP contribution in [0.15, 0.2) is 30.6 Å². The molecule has 0 bridgehead atoms. The lowest BCUT2D eigenvalue weighted by molar-refractivity contribution is 0.390. The van der Waals surface area contributed by atoms with Gasteiger partial charge < -0.3 is 9.47 Å². The summed E-state index contributed by atoms with van der Waals surface area (Å²) in [6, 6.07) is 5.13. The molecule has 1 aromatic carbocycles. The summed E-state index contributed by atoms with van der Waals surface area (Å²) in [5.41, 5.74) is 0.385.